The zero-order valence-electron chi connectivity index (χ0n) is 14.9. The molecular formula is C21H25NO3. The molecule has 0 saturated carbocycles. The predicted molar refractivity (Wildman–Crippen MR) is 97.6 cm³/mol. The zero-order chi connectivity index (χ0) is 17.6. The van der Waals surface area contributed by atoms with E-state index in [2.05, 4.69) is 19.1 Å². The number of carbonyl (C=O) groups is 1. The summed E-state index contributed by atoms with van der Waals surface area (Å²) in [7, 11) is 1.67. The van der Waals surface area contributed by atoms with E-state index in [0.717, 1.165) is 30.7 Å². The highest BCUT2D eigenvalue weighted by Crippen LogP contribution is 2.28. The Balaban J connectivity index is 1.62. The molecule has 0 bridgehead atoms. The number of benzene rings is 2. The van der Waals surface area contributed by atoms with Crippen LogP contribution in [0.5, 0.6) is 5.75 Å². The van der Waals surface area contributed by atoms with Crippen LogP contribution in [0, 0.1) is 5.92 Å². The van der Waals surface area contributed by atoms with Gasteiger partial charge >= 0.3 is 6.09 Å². The molecule has 1 heterocycles. The molecule has 3 rings (SSSR count). The fraction of sp³-hybridized carbons (Fsp3) is 0.381. The van der Waals surface area contributed by atoms with Crippen molar-refractivity contribution >= 4 is 6.09 Å². The van der Waals surface area contributed by atoms with Crippen LogP contribution in [0.4, 0.5) is 4.79 Å². The Morgan fingerprint density at radius 3 is 2.48 bits per heavy atom. The van der Waals surface area contributed by atoms with Crippen molar-refractivity contribution in [2.75, 3.05) is 13.7 Å². The number of hydrogen-bond donors (Lipinski definition) is 0. The van der Waals surface area contributed by atoms with Gasteiger partial charge in [-0.3, -0.25) is 0 Å². The number of amides is 1. The van der Waals surface area contributed by atoms with Crippen LogP contribution in [-0.4, -0.2) is 30.7 Å². The lowest BCUT2D eigenvalue weighted by Crippen LogP contribution is -2.39. The van der Waals surface area contributed by atoms with E-state index in [1.54, 1.807) is 7.11 Å². The first-order valence-electron chi connectivity index (χ1n) is 8.77. The molecule has 0 unspecified atom stereocenters. The van der Waals surface area contributed by atoms with Crippen LogP contribution >= 0.6 is 0 Å². The quantitative estimate of drug-likeness (QED) is 0.816. The second kappa shape index (κ2) is 8.06. The maximum atomic E-state index is 12.5. The number of likely N-dealkylation sites (tertiary alicyclic amines) is 1. The SMILES string of the molecule is COc1ccc(C[C@@H]2[C@@H](C)CCN2C(=O)OCc2ccccc2)cc1. The maximum absolute atomic E-state index is 12.5. The van der Waals surface area contributed by atoms with Gasteiger partial charge in [-0.25, -0.2) is 4.79 Å². The summed E-state index contributed by atoms with van der Waals surface area (Å²) >= 11 is 0. The third-order valence-electron chi connectivity index (χ3n) is 4.93. The van der Waals surface area contributed by atoms with Gasteiger partial charge < -0.3 is 14.4 Å². The van der Waals surface area contributed by atoms with Gasteiger partial charge in [-0.1, -0.05) is 49.4 Å². The summed E-state index contributed by atoms with van der Waals surface area (Å²) in [5.41, 5.74) is 2.22. The van der Waals surface area contributed by atoms with Crippen molar-refractivity contribution < 1.29 is 14.3 Å². The normalized spacial score (nSPS) is 19.7. The van der Waals surface area contributed by atoms with Gasteiger partial charge in [0, 0.05) is 12.6 Å². The first-order chi connectivity index (χ1) is 12.2. The Morgan fingerprint density at radius 2 is 1.80 bits per heavy atom. The van der Waals surface area contributed by atoms with Crippen LogP contribution in [0.15, 0.2) is 54.6 Å². The van der Waals surface area contributed by atoms with Gasteiger partial charge in [-0.2, -0.15) is 0 Å². The lowest BCUT2D eigenvalue weighted by molar-refractivity contribution is 0.0890. The van der Waals surface area contributed by atoms with Gasteiger partial charge in [0.05, 0.1) is 7.11 Å². The van der Waals surface area contributed by atoms with E-state index in [1.807, 2.05) is 47.4 Å². The molecule has 0 spiro atoms. The number of hydrogen-bond acceptors (Lipinski definition) is 3. The summed E-state index contributed by atoms with van der Waals surface area (Å²) in [6.07, 6.45) is 1.64. The van der Waals surface area contributed by atoms with Crippen molar-refractivity contribution in [2.45, 2.75) is 32.4 Å². The van der Waals surface area contributed by atoms with Gasteiger partial charge in [-0.05, 0) is 42.0 Å². The minimum Gasteiger partial charge on any atom is -0.497 e. The molecule has 25 heavy (non-hydrogen) atoms. The van der Waals surface area contributed by atoms with E-state index in [1.165, 1.54) is 5.56 Å². The lowest BCUT2D eigenvalue weighted by atomic mass is 9.96. The summed E-state index contributed by atoms with van der Waals surface area (Å²) in [5, 5.41) is 0. The molecular weight excluding hydrogens is 314 g/mol. The van der Waals surface area contributed by atoms with Gasteiger partial charge in [-0.15, -0.1) is 0 Å². The van der Waals surface area contributed by atoms with Crippen LogP contribution < -0.4 is 4.74 Å². The van der Waals surface area contributed by atoms with Crippen LogP contribution in [0.2, 0.25) is 0 Å². The molecule has 0 aliphatic carbocycles. The highest BCUT2D eigenvalue weighted by molar-refractivity contribution is 5.68. The van der Waals surface area contributed by atoms with Gasteiger partial charge in [0.1, 0.15) is 12.4 Å². The second-order valence-corrected chi connectivity index (χ2v) is 6.62. The number of ether oxygens (including phenoxy) is 2. The molecule has 0 aromatic heterocycles. The molecule has 2 aromatic rings. The Kier molecular flexibility index (Phi) is 5.59. The Labute approximate surface area is 149 Å². The number of carbonyl (C=O) groups excluding carboxylic acids is 1. The topological polar surface area (TPSA) is 38.8 Å². The van der Waals surface area contributed by atoms with E-state index in [9.17, 15) is 4.79 Å². The average Bonchev–Trinajstić information content (AvgIpc) is 3.02. The molecule has 0 N–H and O–H groups in total. The zero-order valence-corrected chi connectivity index (χ0v) is 14.9. The van der Waals surface area contributed by atoms with Crippen molar-refractivity contribution in [2.24, 2.45) is 5.92 Å². The fourth-order valence-corrected chi connectivity index (χ4v) is 3.35. The lowest BCUT2D eigenvalue weighted by Gasteiger charge is -2.26. The molecule has 1 saturated heterocycles. The maximum Gasteiger partial charge on any atom is 0.410 e. The van der Waals surface area contributed by atoms with E-state index < -0.39 is 0 Å². The summed E-state index contributed by atoms with van der Waals surface area (Å²) < 4.78 is 10.7. The van der Waals surface area contributed by atoms with Crippen LogP contribution in [0.3, 0.4) is 0 Å². The van der Waals surface area contributed by atoms with Crippen LogP contribution in [0.1, 0.15) is 24.5 Å². The number of nitrogens with zero attached hydrogens (tertiary/aromatic N) is 1. The minimum atomic E-state index is -0.216. The van der Waals surface area contributed by atoms with Crippen molar-refractivity contribution in [1.82, 2.24) is 4.90 Å². The Hall–Kier alpha value is -2.49. The van der Waals surface area contributed by atoms with Gasteiger partial charge in [0.2, 0.25) is 0 Å². The molecule has 1 fully saturated rings. The molecule has 1 aliphatic rings. The number of rotatable bonds is 5. The van der Waals surface area contributed by atoms with Crippen LogP contribution in [0.25, 0.3) is 0 Å². The average molecular weight is 339 g/mol. The highest BCUT2D eigenvalue weighted by Gasteiger charge is 2.35. The van der Waals surface area contributed by atoms with Crippen molar-refractivity contribution in [3.05, 3.63) is 65.7 Å². The van der Waals surface area contributed by atoms with E-state index in [0.29, 0.717) is 12.5 Å². The highest BCUT2D eigenvalue weighted by atomic mass is 16.6. The molecule has 4 heteroatoms. The Bertz CT molecular complexity index is 684. The summed E-state index contributed by atoms with van der Waals surface area (Å²) in [4.78, 5) is 14.4. The summed E-state index contributed by atoms with van der Waals surface area (Å²) in [6.45, 7) is 3.29. The standard InChI is InChI=1S/C21H25NO3/c1-16-12-13-22(21(23)25-15-18-6-4-3-5-7-18)20(16)14-17-8-10-19(24-2)11-9-17/h3-11,16,20H,12-15H2,1-2H3/t16-,20+/m0/s1. The molecule has 2 aromatic carbocycles. The first kappa shape index (κ1) is 17.3. The van der Waals surface area contributed by atoms with Crippen molar-refractivity contribution in [3.63, 3.8) is 0 Å². The first-order valence-corrected chi connectivity index (χ1v) is 8.77. The van der Waals surface area contributed by atoms with Gasteiger partial charge in [0.25, 0.3) is 0 Å². The molecule has 1 amide bonds. The molecule has 0 radical (unpaired) electrons. The number of methoxy groups -OCH3 is 1. The monoisotopic (exact) mass is 339 g/mol. The molecule has 132 valence electrons. The molecule has 2 atom stereocenters. The fourth-order valence-electron chi connectivity index (χ4n) is 3.35. The van der Waals surface area contributed by atoms with E-state index in [4.69, 9.17) is 9.47 Å². The molecule has 1 aliphatic heterocycles. The summed E-state index contributed by atoms with van der Waals surface area (Å²) in [6, 6.07) is 18.0. The second-order valence-electron chi connectivity index (χ2n) is 6.62. The predicted octanol–water partition coefficient (Wildman–Crippen LogP) is 4.28. The van der Waals surface area contributed by atoms with E-state index >= 15 is 0 Å². The Morgan fingerprint density at radius 1 is 1.08 bits per heavy atom. The minimum absolute atomic E-state index is 0.177. The largest absolute Gasteiger partial charge is 0.497 e. The van der Waals surface area contributed by atoms with Gasteiger partial charge in [0.15, 0.2) is 0 Å². The summed E-state index contributed by atoms with van der Waals surface area (Å²) in [5.74, 6) is 1.31. The van der Waals surface area contributed by atoms with Crippen molar-refractivity contribution in [1.29, 1.82) is 0 Å². The smallest absolute Gasteiger partial charge is 0.410 e. The van der Waals surface area contributed by atoms with Crippen molar-refractivity contribution in [3.8, 4) is 5.75 Å². The van der Waals surface area contributed by atoms with E-state index in [-0.39, 0.29) is 12.1 Å². The molecule has 4 nitrogen and oxygen atoms in total. The third kappa shape index (κ3) is 4.32. The third-order valence-corrected chi connectivity index (χ3v) is 4.93. The van der Waals surface area contributed by atoms with Crippen LogP contribution in [-0.2, 0) is 17.8 Å².